The van der Waals surface area contributed by atoms with Crippen LogP contribution in [0.5, 0.6) is 0 Å². The third kappa shape index (κ3) is 5.60. The molecule has 3 aromatic rings. The highest BCUT2D eigenvalue weighted by Crippen LogP contribution is 2.31. The summed E-state index contributed by atoms with van der Waals surface area (Å²) in [5.74, 6) is -1.82. The number of carbonyl (C=O) groups excluding carboxylic acids is 1. The summed E-state index contributed by atoms with van der Waals surface area (Å²) in [5.41, 5.74) is 1.90. The van der Waals surface area contributed by atoms with E-state index in [0.717, 1.165) is 11.3 Å². The first kappa shape index (κ1) is 24.2. The summed E-state index contributed by atoms with van der Waals surface area (Å²) in [6.45, 7) is 1.49. The van der Waals surface area contributed by atoms with E-state index in [1.165, 1.54) is 0 Å². The lowest BCUT2D eigenvalue weighted by Crippen LogP contribution is -2.44. The molecule has 1 unspecified atom stereocenters. The first-order valence-electron chi connectivity index (χ1n) is 10.7. The summed E-state index contributed by atoms with van der Waals surface area (Å²) >= 11 is -1.05. The van der Waals surface area contributed by atoms with Gasteiger partial charge in [0.1, 0.15) is 6.26 Å². The Bertz CT molecular complexity index is 1100. The number of amides is 1. The minimum absolute atomic E-state index is 0.0106. The zero-order chi connectivity index (χ0) is 24.3. The SMILES string of the molecule is C[S+]([O-])N1CCC(C(=O)N(Cc2ccc(-c3nnc(C(F)(F)F)o3)cc2)c2ccccc2)CC1. The first-order chi connectivity index (χ1) is 16.2. The van der Waals surface area contributed by atoms with Crippen LogP contribution in [0.1, 0.15) is 24.3 Å². The van der Waals surface area contributed by atoms with Crippen molar-refractivity contribution >= 4 is 23.0 Å². The molecule has 11 heteroatoms. The van der Waals surface area contributed by atoms with Gasteiger partial charge in [0.05, 0.1) is 6.54 Å². The van der Waals surface area contributed by atoms with Gasteiger partial charge in [0.15, 0.2) is 0 Å². The number of halogens is 3. The Balaban J connectivity index is 1.51. The summed E-state index contributed by atoms with van der Waals surface area (Å²) in [6, 6.07) is 15.9. The number of anilines is 1. The number of rotatable bonds is 6. The van der Waals surface area contributed by atoms with E-state index in [0.29, 0.717) is 38.0 Å². The Morgan fingerprint density at radius 2 is 1.76 bits per heavy atom. The van der Waals surface area contributed by atoms with Crippen molar-refractivity contribution in [1.82, 2.24) is 14.5 Å². The van der Waals surface area contributed by atoms with Gasteiger partial charge in [-0.15, -0.1) is 14.5 Å². The van der Waals surface area contributed by atoms with Gasteiger partial charge in [0, 0.05) is 41.6 Å². The molecular formula is C23H23F3N4O3S. The topological polar surface area (TPSA) is 85.5 Å². The molecular weight excluding hydrogens is 469 g/mol. The number of carbonyl (C=O) groups is 1. The van der Waals surface area contributed by atoms with E-state index in [-0.39, 0.29) is 17.7 Å². The summed E-state index contributed by atoms with van der Waals surface area (Å²) in [7, 11) is 0. The van der Waals surface area contributed by atoms with Gasteiger partial charge >= 0.3 is 12.1 Å². The van der Waals surface area contributed by atoms with E-state index >= 15 is 0 Å². The number of hydrogen-bond donors (Lipinski definition) is 0. The first-order valence-corrected chi connectivity index (χ1v) is 12.2. The van der Waals surface area contributed by atoms with Crippen molar-refractivity contribution in [3.63, 3.8) is 0 Å². The van der Waals surface area contributed by atoms with E-state index in [9.17, 15) is 22.5 Å². The lowest BCUT2D eigenvalue weighted by Gasteiger charge is -2.33. The molecule has 0 spiro atoms. The van der Waals surface area contributed by atoms with Crippen LogP contribution >= 0.6 is 0 Å². The van der Waals surface area contributed by atoms with Gasteiger partial charge in [-0.05, 0) is 42.7 Å². The summed E-state index contributed by atoms with van der Waals surface area (Å²) < 4.78 is 56.5. The lowest BCUT2D eigenvalue weighted by atomic mass is 9.96. The van der Waals surface area contributed by atoms with Crippen molar-refractivity contribution in [2.75, 3.05) is 24.2 Å². The molecule has 2 heterocycles. The van der Waals surface area contributed by atoms with E-state index in [2.05, 4.69) is 10.2 Å². The molecule has 34 heavy (non-hydrogen) atoms. The third-order valence-corrected chi connectivity index (χ3v) is 6.80. The number of para-hydroxylation sites is 1. The van der Waals surface area contributed by atoms with Crippen LogP contribution < -0.4 is 4.90 Å². The number of aromatic nitrogens is 2. The Morgan fingerprint density at radius 1 is 1.12 bits per heavy atom. The highest BCUT2D eigenvalue weighted by molar-refractivity contribution is 7.88. The number of alkyl halides is 3. The number of nitrogens with zero attached hydrogens (tertiary/aromatic N) is 4. The van der Waals surface area contributed by atoms with Gasteiger partial charge in [-0.2, -0.15) is 13.2 Å². The second-order valence-electron chi connectivity index (χ2n) is 7.99. The molecule has 7 nitrogen and oxygen atoms in total. The van der Waals surface area contributed by atoms with Crippen molar-refractivity contribution in [3.8, 4) is 11.5 Å². The van der Waals surface area contributed by atoms with Crippen LogP contribution in [0.2, 0.25) is 0 Å². The van der Waals surface area contributed by atoms with Crippen LogP contribution in [0, 0.1) is 5.92 Å². The number of benzene rings is 2. The summed E-state index contributed by atoms with van der Waals surface area (Å²) in [4.78, 5) is 15.2. The molecule has 1 amide bonds. The van der Waals surface area contributed by atoms with Gasteiger partial charge in [-0.3, -0.25) is 4.79 Å². The molecule has 180 valence electrons. The van der Waals surface area contributed by atoms with Gasteiger partial charge in [-0.1, -0.05) is 30.3 Å². The lowest BCUT2D eigenvalue weighted by molar-refractivity contribution is -0.157. The van der Waals surface area contributed by atoms with Crippen molar-refractivity contribution in [3.05, 3.63) is 66.1 Å². The second kappa shape index (κ2) is 10.2. The van der Waals surface area contributed by atoms with E-state index < -0.39 is 23.4 Å². The normalized spacial score (nSPS) is 16.4. The van der Waals surface area contributed by atoms with E-state index in [1.807, 2.05) is 34.6 Å². The second-order valence-corrected chi connectivity index (χ2v) is 9.36. The average Bonchev–Trinajstić information content (AvgIpc) is 3.34. The van der Waals surface area contributed by atoms with Gasteiger partial charge < -0.3 is 13.9 Å². The van der Waals surface area contributed by atoms with Crippen molar-refractivity contribution in [2.24, 2.45) is 5.92 Å². The van der Waals surface area contributed by atoms with Crippen molar-refractivity contribution in [2.45, 2.75) is 25.6 Å². The predicted octanol–water partition coefficient (Wildman–Crippen LogP) is 4.29. The van der Waals surface area contributed by atoms with Gasteiger partial charge in [0.25, 0.3) is 0 Å². The van der Waals surface area contributed by atoms with Crippen LogP contribution in [-0.4, -0.2) is 44.3 Å². The fourth-order valence-corrected chi connectivity index (χ4v) is 4.60. The monoisotopic (exact) mass is 492 g/mol. The molecule has 1 aliphatic heterocycles. The largest absolute Gasteiger partial charge is 0.598 e. The van der Waals surface area contributed by atoms with Crippen LogP contribution in [0.25, 0.3) is 11.5 Å². The Hall–Kier alpha value is -2.89. The Kier molecular flexibility index (Phi) is 7.24. The van der Waals surface area contributed by atoms with Gasteiger partial charge in [-0.25, -0.2) is 0 Å². The quantitative estimate of drug-likeness (QED) is 0.477. The molecule has 0 bridgehead atoms. The highest BCUT2D eigenvalue weighted by Gasteiger charge is 2.38. The maximum atomic E-state index is 13.5. The van der Waals surface area contributed by atoms with Crippen molar-refractivity contribution < 1.29 is 26.9 Å². The van der Waals surface area contributed by atoms with Crippen LogP contribution in [0.3, 0.4) is 0 Å². The number of hydrogen-bond acceptors (Lipinski definition) is 6. The van der Waals surface area contributed by atoms with Gasteiger partial charge in [0.2, 0.25) is 11.8 Å². The molecule has 0 aliphatic carbocycles. The van der Waals surface area contributed by atoms with E-state index in [4.69, 9.17) is 4.42 Å². The van der Waals surface area contributed by atoms with Crippen LogP contribution in [0.15, 0.2) is 59.0 Å². The molecule has 2 aromatic carbocycles. The molecule has 1 fully saturated rings. The minimum atomic E-state index is -4.70. The molecule has 1 saturated heterocycles. The van der Waals surface area contributed by atoms with Crippen molar-refractivity contribution in [1.29, 1.82) is 0 Å². The Morgan fingerprint density at radius 3 is 2.32 bits per heavy atom. The average molecular weight is 493 g/mol. The molecule has 0 saturated carbocycles. The number of piperidine rings is 1. The minimum Gasteiger partial charge on any atom is -0.598 e. The molecule has 1 aromatic heterocycles. The fourth-order valence-electron chi connectivity index (χ4n) is 3.87. The predicted molar refractivity (Wildman–Crippen MR) is 121 cm³/mol. The molecule has 1 aliphatic rings. The Labute approximate surface area is 197 Å². The maximum Gasteiger partial charge on any atom is 0.470 e. The highest BCUT2D eigenvalue weighted by atomic mass is 32.2. The fraction of sp³-hybridized carbons (Fsp3) is 0.348. The van der Waals surface area contributed by atoms with E-state index in [1.54, 1.807) is 35.4 Å². The van der Waals surface area contributed by atoms with Crippen LogP contribution in [0.4, 0.5) is 18.9 Å². The van der Waals surface area contributed by atoms with Crippen LogP contribution in [-0.2, 0) is 28.9 Å². The molecule has 4 rings (SSSR count). The summed E-state index contributed by atoms with van der Waals surface area (Å²) in [5, 5.41) is 6.52. The molecule has 0 N–H and O–H groups in total. The summed E-state index contributed by atoms with van der Waals surface area (Å²) in [6.07, 6.45) is -1.82. The molecule has 0 radical (unpaired) electrons. The smallest absolute Gasteiger partial charge is 0.470 e. The standard InChI is InChI=1S/C23H23F3N4O3S/c1-34(32)29-13-11-18(12-14-29)21(31)30(19-5-3-2-4-6-19)15-16-7-9-17(10-8-16)20-27-28-22(33-20)23(24,25)26/h2-10,18H,11-15H2,1H3. The maximum absolute atomic E-state index is 13.5. The zero-order valence-corrected chi connectivity index (χ0v) is 19.2. The zero-order valence-electron chi connectivity index (χ0n) is 18.4. The molecule has 1 atom stereocenters. The third-order valence-electron chi connectivity index (χ3n) is 5.71.